The Bertz CT molecular complexity index is 1020. The molecule has 0 N–H and O–H groups in total. The van der Waals surface area contributed by atoms with Crippen LogP contribution in [0.5, 0.6) is 5.75 Å². The number of carbonyl (C=O) groups excluding carboxylic acids is 3. The maximum absolute atomic E-state index is 12.5. The summed E-state index contributed by atoms with van der Waals surface area (Å²) >= 11 is 3.31. The Morgan fingerprint density at radius 2 is 1.33 bits per heavy atom. The Labute approximate surface area is 163 Å². The van der Waals surface area contributed by atoms with E-state index in [1.165, 1.54) is 0 Å². The number of anilines is 1. The van der Waals surface area contributed by atoms with Crippen LogP contribution in [0.2, 0.25) is 0 Å². The molecule has 0 atom stereocenters. The molecule has 0 aromatic heterocycles. The highest BCUT2D eigenvalue weighted by atomic mass is 79.9. The fraction of sp³-hybridized carbons (Fsp3) is 0. The summed E-state index contributed by atoms with van der Waals surface area (Å²) in [4.78, 5) is 38.3. The number of fused-ring (bicyclic) bond motifs is 1. The van der Waals surface area contributed by atoms with Crippen molar-refractivity contribution in [3.05, 3.63) is 94.0 Å². The number of imide groups is 1. The van der Waals surface area contributed by atoms with Crippen molar-refractivity contribution in [3.63, 3.8) is 0 Å². The zero-order chi connectivity index (χ0) is 19.0. The number of ether oxygens (including phenoxy) is 1. The first-order valence-electron chi connectivity index (χ1n) is 8.10. The van der Waals surface area contributed by atoms with Gasteiger partial charge < -0.3 is 4.74 Å². The monoisotopic (exact) mass is 421 g/mol. The molecule has 3 aromatic rings. The zero-order valence-electron chi connectivity index (χ0n) is 13.9. The van der Waals surface area contributed by atoms with E-state index in [4.69, 9.17) is 4.74 Å². The van der Waals surface area contributed by atoms with Crippen LogP contribution in [-0.4, -0.2) is 17.8 Å². The summed E-state index contributed by atoms with van der Waals surface area (Å²) < 4.78 is 6.20. The van der Waals surface area contributed by atoms with Crippen LogP contribution in [0.15, 0.2) is 77.3 Å². The Kier molecular flexibility index (Phi) is 4.33. The standard InChI is InChI=1S/C21H12BrNO4/c22-14-7-5-13(6-8-14)21(26)27-16-11-9-15(10-12-16)23-19(24)17-3-1-2-4-18(17)20(23)25/h1-12H. The normalized spacial score (nSPS) is 12.9. The number of amides is 2. The van der Waals surface area contributed by atoms with Gasteiger partial charge in [0.1, 0.15) is 5.75 Å². The third-order valence-electron chi connectivity index (χ3n) is 4.18. The summed E-state index contributed by atoms with van der Waals surface area (Å²) in [7, 11) is 0. The summed E-state index contributed by atoms with van der Waals surface area (Å²) in [5, 5.41) is 0. The average Bonchev–Trinajstić information content (AvgIpc) is 2.94. The molecule has 1 aliphatic heterocycles. The summed E-state index contributed by atoms with van der Waals surface area (Å²) in [5.74, 6) is -0.898. The van der Waals surface area contributed by atoms with Crippen LogP contribution >= 0.6 is 15.9 Å². The number of benzene rings is 3. The molecule has 6 heteroatoms. The van der Waals surface area contributed by atoms with Crippen LogP contribution in [0.4, 0.5) is 5.69 Å². The zero-order valence-corrected chi connectivity index (χ0v) is 15.5. The lowest BCUT2D eigenvalue weighted by Crippen LogP contribution is -2.29. The van der Waals surface area contributed by atoms with Gasteiger partial charge >= 0.3 is 5.97 Å². The highest BCUT2D eigenvalue weighted by Gasteiger charge is 2.36. The highest BCUT2D eigenvalue weighted by molar-refractivity contribution is 9.10. The quantitative estimate of drug-likeness (QED) is 0.355. The van der Waals surface area contributed by atoms with Crippen LogP contribution in [0.1, 0.15) is 31.1 Å². The summed E-state index contributed by atoms with van der Waals surface area (Å²) in [5.41, 5.74) is 1.61. The van der Waals surface area contributed by atoms with Crippen molar-refractivity contribution in [3.8, 4) is 5.75 Å². The number of hydrogen-bond acceptors (Lipinski definition) is 4. The number of hydrogen-bond donors (Lipinski definition) is 0. The van der Waals surface area contributed by atoms with Gasteiger partial charge in [-0.2, -0.15) is 0 Å². The van der Waals surface area contributed by atoms with Gasteiger partial charge in [-0.1, -0.05) is 28.1 Å². The Hall–Kier alpha value is -3.25. The van der Waals surface area contributed by atoms with E-state index in [2.05, 4.69) is 15.9 Å². The molecule has 3 aromatic carbocycles. The summed E-state index contributed by atoms with van der Waals surface area (Å²) in [6.07, 6.45) is 0. The van der Waals surface area contributed by atoms with Crippen molar-refractivity contribution in [2.24, 2.45) is 0 Å². The molecule has 0 spiro atoms. The van der Waals surface area contributed by atoms with Crippen molar-refractivity contribution in [1.29, 1.82) is 0 Å². The van der Waals surface area contributed by atoms with E-state index in [0.717, 1.165) is 9.37 Å². The maximum Gasteiger partial charge on any atom is 0.343 e. The molecular weight excluding hydrogens is 410 g/mol. The second-order valence-corrected chi connectivity index (χ2v) is 6.80. The third kappa shape index (κ3) is 3.15. The van der Waals surface area contributed by atoms with Gasteiger partial charge in [-0.05, 0) is 60.7 Å². The van der Waals surface area contributed by atoms with Gasteiger partial charge in [0.25, 0.3) is 11.8 Å². The largest absolute Gasteiger partial charge is 0.423 e. The molecule has 132 valence electrons. The molecule has 0 bridgehead atoms. The molecule has 0 saturated heterocycles. The Morgan fingerprint density at radius 3 is 1.89 bits per heavy atom. The lowest BCUT2D eigenvalue weighted by Gasteiger charge is -2.14. The van der Waals surface area contributed by atoms with Crippen LogP contribution in [-0.2, 0) is 0 Å². The van der Waals surface area contributed by atoms with Crippen LogP contribution in [0, 0.1) is 0 Å². The summed E-state index contributed by atoms with van der Waals surface area (Å²) in [6, 6.07) is 19.8. The van der Waals surface area contributed by atoms with Crippen molar-refractivity contribution in [2.75, 3.05) is 4.90 Å². The molecule has 4 rings (SSSR count). The minimum atomic E-state index is -0.490. The molecule has 0 radical (unpaired) electrons. The van der Waals surface area contributed by atoms with Gasteiger partial charge in [-0.15, -0.1) is 0 Å². The third-order valence-corrected chi connectivity index (χ3v) is 4.71. The van der Waals surface area contributed by atoms with Crippen molar-refractivity contribution in [2.45, 2.75) is 0 Å². The van der Waals surface area contributed by atoms with Gasteiger partial charge in [0.2, 0.25) is 0 Å². The van der Waals surface area contributed by atoms with Crippen molar-refractivity contribution >= 4 is 39.4 Å². The van der Waals surface area contributed by atoms with E-state index in [0.29, 0.717) is 28.1 Å². The fourth-order valence-corrected chi connectivity index (χ4v) is 3.10. The number of halogens is 1. The molecular formula is C21H12BrNO4. The predicted molar refractivity (Wildman–Crippen MR) is 103 cm³/mol. The van der Waals surface area contributed by atoms with E-state index in [1.54, 1.807) is 72.8 Å². The second-order valence-electron chi connectivity index (χ2n) is 5.88. The van der Waals surface area contributed by atoms with Gasteiger partial charge in [-0.25, -0.2) is 9.69 Å². The van der Waals surface area contributed by atoms with E-state index in [9.17, 15) is 14.4 Å². The molecule has 0 fully saturated rings. The molecule has 0 unspecified atom stereocenters. The van der Waals surface area contributed by atoms with E-state index >= 15 is 0 Å². The number of esters is 1. The molecule has 27 heavy (non-hydrogen) atoms. The molecule has 5 nitrogen and oxygen atoms in total. The first kappa shape index (κ1) is 17.2. The smallest absolute Gasteiger partial charge is 0.343 e. The van der Waals surface area contributed by atoms with Crippen molar-refractivity contribution in [1.82, 2.24) is 0 Å². The topological polar surface area (TPSA) is 63.7 Å². The highest BCUT2D eigenvalue weighted by Crippen LogP contribution is 2.29. The summed E-state index contributed by atoms with van der Waals surface area (Å²) in [6.45, 7) is 0. The van der Waals surface area contributed by atoms with E-state index in [-0.39, 0.29) is 11.8 Å². The molecule has 1 aliphatic rings. The van der Waals surface area contributed by atoms with Gasteiger partial charge in [0.15, 0.2) is 0 Å². The molecule has 0 aliphatic carbocycles. The Morgan fingerprint density at radius 1 is 0.778 bits per heavy atom. The van der Waals surface area contributed by atoms with E-state index < -0.39 is 5.97 Å². The maximum atomic E-state index is 12.5. The number of nitrogens with zero attached hydrogens (tertiary/aromatic N) is 1. The van der Waals surface area contributed by atoms with Gasteiger partial charge in [0, 0.05) is 4.47 Å². The van der Waals surface area contributed by atoms with Crippen molar-refractivity contribution < 1.29 is 19.1 Å². The minimum absolute atomic E-state index is 0.322. The molecule has 1 heterocycles. The molecule has 2 amide bonds. The average molecular weight is 422 g/mol. The number of carbonyl (C=O) groups is 3. The van der Waals surface area contributed by atoms with Crippen LogP contribution < -0.4 is 9.64 Å². The van der Waals surface area contributed by atoms with Crippen LogP contribution in [0.3, 0.4) is 0 Å². The predicted octanol–water partition coefficient (Wildman–Crippen LogP) is 4.47. The minimum Gasteiger partial charge on any atom is -0.423 e. The number of rotatable bonds is 3. The first-order valence-corrected chi connectivity index (χ1v) is 8.89. The SMILES string of the molecule is O=C(Oc1ccc(N2C(=O)c3ccccc3C2=O)cc1)c1ccc(Br)cc1. The first-order chi connectivity index (χ1) is 13.0. The molecule has 0 saturated carbocycles. The lowest BCUT2D eigenvalue weighted by atomic mass is 10.1. The van der Waals surface area contributed by atoms with E-state index in [1.807, 2.05) is 0 Å². The second kappa shape index (κ2) is 6.81. The van der Waals surface area contributed by atoms with Gasteiger partial charge in [-0.3, -0.25) is 9.59 Å². The fourth-order valence-electron chi connectivity index (χ4n) is 2.84. The lowest BCUT2D eigenvalue weighted by molar-refractivity contribution is 0.0733. The Balaban J connectivity index is 1.53. The van der Waals surface area contributed by atoms with Gasteiger partial charge in [0.05, 0.1) is 22.4 Å². The van der Waals surface area contributed by atoms with Crippen LogP contribution in [0.25, 0.3) is 0 Å².